The van der Waals surface area contributed by atoms with Crippen LogP contribution in [0, 0.1) is 0 Å². The van der Waals surface area contributed by atoms with E-state index in [-0.39, 0.29) is 22.2 Å². The third-order valence-corrected chi connectivity index (χ3v) is 3.69. The van der Waals surface area contributed by atoms with Gasteiger partial charge in [-0.25, -0.2) is 0 Å². The van der Waals surface area contributed by atoms with E-state index in [0.717, 1.165) is 0 Å². The highest BCUT2D eigenvalue weighted by Gasteiger charge is 2.20. The van der Waals surface area contributed by atoms with Gasteiger partial charge in [-0.2, -0.15) is 4.68 Å². The minimum absolute atomic E-state index is 0.215. The first-order chi connectivity index (χ1) is 11.5. The van der Waals surface area contributed by atoms with Gasteiger partial charge in [-0.3, -0.25) is 9.59 Å². The summed E-state index contributed by atoms with van der Waals surface area (Å²) in [7, 11) is 1.43. The third kappa shape index (κ3) is 2.81. The molecule has 0 bridgehead atoms. The summed E-state index contributed by atoms with van der Waals surface area (Å²) in [6, 6.07) is 10.0. The van der Waals surface area contributed by atoms with Crippen LogP contribution < -0.4 is 10.1 Å². The van der Waals surface area contributed by atoms with Crippen LogP contribution >= 0.6 is 11.6 Å². The van der Waals surface area contributed by atoms with Crippen LogP contribution in [0.15, 0.2) is 36.4 Å². The van der Waals surface area contributed by atoms with Crippen molar-refractivity contribution in [2.24, 2.45) is 0 Å². The van der Waals surface area contributed by atoms with E-state index < -0.39 is 5.91 Å². The van der Waals surface area contributed by atoms with Gasteiger partial charge in [0.1, 0.15) is 11.3 Å². The molecule has 0 spiro atoms. The number of benzene rings is 2. The molecule has 0 aliphatic rings. The van der Waals surface area contributed by atoms with E-state index >= 15 is 0 Å². The standard InChI is InChI=1S/C16H13ClN4O3/c1-9(22)18-13-8-15(24-2)10(7-11(13)17)16(23)21-14-6-4-3-5-12(14)19-20-21/h3-8H,1-2H3,(H,18,22). The van der Waals surface area contributed by atoms with Crippen LogP contribution in [0.5, 0.6) is 5.75 Å². The van der Waals surface area contributed by atoms with Crippen LogP contribution in [0.2, 0.25) is 5.02 Å². The van der Waals surface area contributed by atoms with E-state index in [2.05, 4.69) is 15.6 Å². The molecular formula is C16H13ClN4O3. The second-order valence-electron chi connectivity index (χ2n) is 5.01. The second-order valence-corrected chi connectivity index (χ2v) is 5.42. The lowest BCUT2D eigenvalue weighted by molar-refractivity contribution is -0.114. The lowest BCUT2D eigenvalue weighted by atomic mass is 10.1. The first kappa shape index (κ1) is 15.9. The maximum Gasteiger partial charge on any atom is 0.283 e. The summed E-state index contributed by atoms with van der Waals surface area (Å²) < 4.78 is 6.44. The highest BCUT2D eigenvalue weighted by Crippen LogP contribution is 2.31. The number of hydrogen-bond acceptors (Lipinski definition) is 5. The van der Waals surface area contributed by atoms with Crippen LogP contribution in [0.4, 0.5) is 5.69 Å². The van der Waals surface area contributed by atoms with Gasteiger partial charge in [0.2, 0.25) is 5.91 Å². The molecule has 0 aliphatic heterocycles. The average molecular weight is 345 g/mol. The third-order valence-electron chi connectivity index (χ3n) is 3.37. The van der Waals surface area contributed by atoms with Crippen molar-refractivity contribution in [3.05, 3.63) is 47.0 Å². The van der Waals surface area contributed by atoms with Gasteiger partial charge in [0.15, 0.2) is 0 Å². The van der Waals surface area contributed by atoms with Gasteiger partial charge in [0.05, 0.1) is 28.9 Å². The fraction of sp³-hybridized carbons (Fsp3) is 0.125. The molecule has 0 aliphatic carbocycles. The van der Waals surface area contributed by atoms with Gasteiger partial charge >= 0.3 is 0 Å². The predicted molar refractivity (Wildman–Crippen MR) is 89.6 cm³/mol. The minimum Gasteiger partial charge on any atom is -0.496 e. The van der Waals surface area contributed by atoms with E-state index in [9.17, 15) is 9.59 Å². The molecule has 0 unspecified atom stereocenters. The molecule has 1 heterocycles. The van der Waals surface area contributed by atoms with E-state index in [1.54, 1.807) is 18.2 Å². The zero-order valence-electron chi connectivity index (χ0n) is 12.9. The lowest BCUT2D eigenvalue weighted by Crippen LogP contribution is -2.15. The fourth-order valence-corrected chi connectivity index (χ4v) is 2.52. The Morgan fingerprint density at radius 2 is 2.00 bits per heavy atom. The number of methoxy groups -OCH3 is 1. The molecule has 2 aromatic carbocycles. The van der Waals surface area contributed by atoms with Crippen molar-refractivity contribution in [3.63, 3.8) is 0 Å². The number of fused-ring (bicyclic) bond motifs is 1. The number of nitrogens with one attached hydrogen (secondary N) is 1. The Kier molecular flexibility index (Phi) is 4.18. The fourth-order valence-electron chi connectivity index (χ4n) is 2.31. The molecule has 0 atom stereocenters. The SMILES string of the molecule is COc1cc(NC(C)=O)c(Cl)cc1C(=O)n1nnc2ccccc21. The van der Waals surface area contributed by atoms with Crippen molar-refractivity contribution in [1.29, 1.82) is 0 Å². The summed E-state index contributed by atoms with van der Waals surface area (Å²) in [4.78, 5) is 24.0. The van der Waals surface area contributed by atoms with Gasteiger partial charge in [-0.05, 0) is 18.2 Å². The van der Waals surface area contributed by atoms with E-state index in [1.165, 1.54) is 30.8 Å². The zero-order valence-corrected chi connectivity index (χ0v) is 13.7. The summed E-state index contributed by atoms with van der Waals surface area (Å²) >= 11 is 6.16. The average Bonchev–Trinajstić information content (AvgIpc) is 2.99. The van der Waals surface area contributed by atoms with Gasteiger partial charge in [-0.1, -0.05) is 28.9 Å². The number of anilines is 1. The number of carbonyl (C=O) groups excluding carboxylic acids is 2. The van der Waals surface area contributed by atoms with Crippen LogP contribution in [-0.4, -0.2) is 33.9 Å². The lowest BCUT2D eigenvalue weighted by Gasteiger charge is -2.12. The topological polar surface area (TPSA) is 86.1 Å². The van der Waals surface area contributed by atoms with Crippen molar-refractivity contribution in [1.82, 2.24) is 15.0 Å². The number of hydrogen-bond donors (Lipinski definition) is 1. The normalized spacial score (nSPS) is 10.6. The number of aromatic nitrogens is 3. The number of halogens is 1. The largest absolute Gasteiger partial charge is 0.496 e. The van der Waals surface area contributed by atoms with E-state index in [0.29, 0.717) is 16.7 Å². The molecule has 0 fully saturated rings. The molecule has 0 radical (unpaired) electrons. The van der Waals surface area contributed by atoms with Crippen molar-refractivity contribution >= 4 is 40.1 Å². The number of nitrogens with zero attached hydrogens (tertiary/aromatic N) is 3. The summed E-state index contributed by atoms with van der Waals surface area (Å²) in [6.07, 6.45) is 0. The maximum atomic E-state index is 12.8. The summed E-state index contributed by atoms with van der Waals surface area (Å²) in [6.45, 7) is 1.36. The molecule has 0 saturated carbocycles. The molecule has 3 rings (SSSR count). The van der Waals surface area contributed by atoms with Crippen LogP contribution in [0.25, 0.3) is 11.0 Å². The number of carbonyl (C=O) groups is 2. The predicted octanol–water partition coefficient (Wildman–Crippen LogP) is 2.74. The minimum atomic E-state index is -0.433. The monoisotopic (exact) mass is 344 g/mol. The van der Waals surface area contributed by atoms with Gasteiger partial charge in [0.25, 0.3) is 5.91 Å². The van der Waals surface area contributed by atoms with Gasteiger partial charge < -0.3 is 10.1 Å². The smallest absolute Gasteiger partial charge is 0.283 e. The van der Waals surface area contributed by atoms with Crippen molar-refractivity contribution < 1.29 is 14.3 Å². The Bertz CT molecular complexity index is 952. The number of ether oxygens (including phenoxy) is 1. The van der Waals surface area contributed by atoms with Crippen molar-refractivity contribution in [3.8, 4) is 5.75 Å². The van der Waals surface area contributed by atoms with E-state index in [1.807, 2.05) is 6.07 Å². The second kappa shape index (κ2) is 6.29. The van der Waals surface area contributed by atoms with Crippen molar-refractivity contribution in [2.45, 2.75) is 6.92 Å². The van der Waals surface area contributed by atoms with Crippen molar-refractivity contribution in [2.75, 3.05) is 12.4 Å². The molecular weight excluding hydrogens is 332 g/mol. The van der Waals surface area contributed by atoms with Gasteiger partial charge in [0, 0.05) is 13.0 Å². The summed E-state index contributed by atoms with van der Waals surface area (Å²) in [5, 5.41) is 10.7. The molecule has 3 aromatic rings. The number of para-hydroxylation sites is 1. The molecule has 1 aromatic heterocycles. The Balaban J connectivity index is 2.09. The molecule has 24 heavy (non-hydrogen) atoms. The molecule has 0 saturated heterocycles. The first-order valence-corrected chi connectivity index (χ1v) is 7.39. The van der Waals surface area contributed by atoms with Crippen LogP contribution in [0.1, 0.15) is 17.3 Å². The highest BCUT2D eigenvalue weighted by atomic mass is 35.5. The Hall–Kier alpha value is -2.93. The molecule has 7 nitrogen and oxygen atoms in total. The summed E-state index contributed by atoms with van der Waals surface area (Å²) in [5.41, 5.74) is 1.76. The van der Waals surface area contributed by atoms with Crippen LogP contribution in [0.3, 0.4) is 0 Å². The summed E-state index contributed by atoms with van der Waals surface area (Å²) in [5.74, 6) is -0.440. The Morgan fingerprint density at radius 3 is 2.71 bits per heavy atom. The molecule has 1 N–H and O–H groups in total. The first-order valence-electron chi connectivity index (χ1n) is 7.01. The molecule has 122 valence electrons. The van der Waals surface area contributed by atoms with E-state index in [4.69, 9.17) is 16.3 Å². The quantitative estimate of drug-likeness (QED) is 0.789. The molecule has 8 heteroatoms. The maximum absolute atomic E-state index is 12.8. The zero-order chi connectivity index (χ0) is 17.3. The highest BCUT2D eigenvalue weighted by molar-refractivity contribution is 6.34. The van der Waals surface area contributed by atoms with Gasteiger partial charge in [-0.15, -0.1) is 5.10 Å². The number of amides is 1. The van der Waals surface area contributed by atoms with Crippen LogP contribution in [-0.2, 0) is 4.79 Å². The number of rotatable bonds is 3. The molecule has 1 amide bonds. The Morgan fingerprint density at radius 1 is 1.25 bits per heavy atom. The Labute approximate surface area is 142 Å².